The fourth-order valence-electron chi connectivity index (χ4n) is 4.42. The topological polar surface area (TPSA) is 52.6 Å². The number of hydrogen-bond donors (Lipinski definition) is 2. The van der Waals surface area contributed by atoms with E-state index in [-0.39, 0.29) is 23.2 Å². The molecule has 1 heterocycles. The number of amides is 1. The zero-order valence-corrected chi connectivity index (χ0v) is 14.6. The first-order valence-electron chi connectivity index (χ1n) is 9.11. The van der Waals surface area contributed by atoms with Crippen LogP contribution in [0.2, 0.25) is 0 Å². The molecule has 1 saturated heterocycles. The first kappa shape index (κ1) is 17.2. The van der Waals surface area contributed by atoms with E-state index in [9.17, 15) is 14.3 Å². The number of fused-ring (bicyclic) bond motifs is 2. The number of aliphatic hydroxyl groups excluding tert-OH is 1. The van der Waals surface area contributed by atoms with Gasteiger partial charge in [0, 0.05) is 11.1 Å². The van der Waals surface area contributed by atoms with Crippen molar-refractivity contribution < 1.29 is 14.3 Å². The third-order valence-corrected chi connectivity index (χ3v) is 5.85. The van der Waals surface area contributed by atoms with Gasteiger partial charge < -0.3 is 10.4 Å². The number of benzene rings is 2. The molecule has 0 aromatic heterocycles. The third kappa shape index (κ3) is 3.13. The first-order valence-corrected chi connectivity index (χ1v) is 9.11. The Hall–Kier alpha value is -2.24. The number of hydrogen-bond acceptors (Lipinski definition) is 3. The average molecular weight is 354 g/mol. The maximum atomic E-state index is 12.9. The van der Waals surface area contributed by atoms with Gasteiger partial charge in [0.25, 0.3) is 0 Å². The van der Waals surface area contributed by atoms with E-state index in [1.165, 1.54) is 23.3 Å². The van der Waals surface area contributed by atoms with Crippen molar-refractivity contribution in [1.82, 2.24) is 4.90 Å². The van der Waals surface area contributed by atoms with Gasteiger partial charge in [-0.1, -0.05) is 24.3 Å². The van der Waals surface area contributed by atoms with Crippen LogP contribution in [0.5, 0.6) is 0 Å². The summed E-state index contributed by atoms with van der Waals surface area (Å²) in [6, 6.07) is 14.1. The fourth-order valence-corrected chi connectivity index (χ4v) is 4.42. The third-order valence-electron chi connectivity index (χ3n) is 5.85. The van der Waals surface area contributed by atoms with Crippen LogP contribution >= 0.6 is 0 Å². The summed E-state index contributed by atoms with van der Waals surface area (Å²) >= 11 is 0. The van der Waals surface area contributed by atoms with Gasteiger partial charge in [0.2, 0.25) is 5.91 Å². The van der Waals surface area contributed by atoms with Crippen molar-refractivity contribution in [2.45, 2.75) is 30.8 Å². The van der Waals surface area contributed by atoms with Crippen molar-refractivity contribution in [1.29, 1.82) is 0 Å². The van der Waals surface area contributed by atoms with E-state index in [2.05, 4.69) is 22.3 Å². The number of anilines is 1. The van der Waals surface area contributed by atoms with Crippen molar-refractivity contribution in [2.24, 2.45) is 0 Å². The second-order valence-corrected chi connectivity index (χ2v) is 7.36. The number of nitrogens with one attached hydrogen (secondary N) is 1. The van der Waals surface area contributed by atoms with Crippen molar-refractivity contribution >= 4 is 11.6 Å². The van der Waals surface area contributed by atoms with Gasteiger partial charge in [-0.15, -0.1) is 0 Å². The molecule has 2 aliphatic rings. The lowest BCUT2D eigenvalue weighted by Gasteiger charge is -2.42. The van der Waals surface area contributed by atoms with Crippen LogP contribution in [-0.2, 0) is 16.6 Å². The lowest BCUT2D eigenvalue weighted by atomic mass is 9.72. The van der Waals surface area contributed by atoms with Crippen molar-refractivity contribution in [3.8, 4) is 0 Å². The van der Waals surface area contributed by atoms with Crippen LogP contribution < -0.4 is 5.32 Å². The largest absolute Gasteiger partial charge is 0.392 e. The summed E-state index contributed by atoms with van der Waals surface area (Å²) in [5, 5.41) is 13.5. The molecule has 2 N–H and O–H groups in total. The second-order valence-electron chi connectivity index (χ2n) is 7.36. The molecule has 4 rings (SSSR count). The normalized spacial score (nSPS) is 21.5. The van der Waals surface area contributed by atoms with E-state index in [1.54, 1.807) is 12.1 Å². The van der Waals surface area contributed by atoms with Crippen molar-refractivity contribution in [2.75, 3.05) is 25.0 Å². The summed E-state index contributed by atoms with van der Waals surface area (Å²) in [6.07, 6.45) is 2.10. The smallest absolute Gasteiger partial charge is 0.238 e. The van der Waals surface area contributed by atoms with Gasteiger partial charge >= 0.3 is 0 Å². The molecule has 136 valence electrons. The zero-order chi connectivity index (χ0) is 18.1. The highest BCUT2D eigenvalue weighted by molar-refractivity contribution is 5.92. The summed E-state index contributed by atoms with van der Waals surface area (Å²) in [6.45, 7) is 1.87. The van der Waals surface area contributed by atoms with Crippen LogP contribution in [0, 0.1) is 5.82 Å². The van der Waals surface area contributed by atoms with E-state index in [0.29, 0.717) is 12.2 Å². The van der Waals surface area contributed by atoms with Gasteiger partial charge in [-0.2, -0.15) is 0 Å². The molecule has 2 aromatic rings. The Balaban J connectivity index is 1.37. The predicted octanol–water partition coefficient (Wildman–Crippen LogP) is 2.72. The molecule has 1 fully saturated rings. The predicted molar refractivity (Wildman–Crippen MR) is 98.5 cm³/mol. The maximum Gasteiger partial charge on any atom is 0.238 e. The molecule has 0 unspecified atom stereocenters. The highest BCUT2D eigenvalue weighted by Crippen LogP contribution is 2.46. The Morgan fingerprint density at radius 3 is 2.58 bits per heavy atom. The molecule has 5 heteroatoms. The standard InChI is InChI=1S/C21H23FN2O2/c22-16-5-7-17(8-6-16)23-20(26)14-24-11-9-21(10-12-24)18-4-2-1-3-15(18)13-19(21)25/h1-8,19,25H,9-14H2,(H,23,26)/t19-/m0/s1. The molecule has 0 saturated carbocycles. The van der Waals surface area contributed by atoms with Crippen LogP contribution in [0.1, 0.15) is 24.0 Å². The molecule has 0 bridgehead atoms. The van der Waals surface area contributed by atoms with Gasteiger partial charge in [0.05, 0.1) is 12.6 Å². The van der Waals surface area contributed by atoms with Crippen molar-refractivity contribution in [3.05, 3.63) is 65.5 Å². The van der Waals surface area contributed by atoms with Gasteiger partial charge in [0.15, 0.2) is 0 Å². The summed E-state index contributed by atoms with van der Waals surface area (Å²) in [5.41, 5.74) is 2.97. The minimum Gasteiger partial charge on any atom is -0.392 e. The van der Waals surface area contributed by atoms with Gasteiger partial charge in [0.1, 0.15) is 5.82 Å². The van der Waals surface area contributed by atoms with Gasteiger partial charge in [-0.3, -0.25) is 9.69 Å². The van der Waals surface area contributed by atoms with E-state index >= 15 is 0 Å². The lowest BCUT2D eigenvalue weighted by molar-refractivity contribution is -0.117. The number of carbonyl (C=O) groups is 1. The number of carbonyl (C=O) groups excluding carboxylic acids is 1. The quantitative estimate of drug-likeness (QED) is 0.891. The number of piperidine rings is 1. The highest BCUT2D eigenvalue weighted by atomic mass is 19.1. The second kappa shape index (κ2) is 6.82. The Kier molecular flexibility index (Phi) is 4.51. The molecule has 1 spiro atoms. The summed E-state index contributed by atoms with van der Waals surface area (Å²) in [5.74, 6) is -0.417. The van der Waals surface area contributed by atoms with Crippen molar-refractivity contribution in [3.63, 3.8) is 0 Å². The molecule has 2 aromatic carbocycles. The van der Waals surface area contributed by atoms with Crippen LogP contribution in [0.25, 0.3) is 0 Å². The monoisotopic (exact) mass is 354 g/mol. The Morgan fingerprint density at radius 1 is 1.15 bits per heavy atom. The van der Waals surface area contributed by atoms with Gasteiger partial charge in [-0.25, -0.2) is 4.39 Å². The van der Waals surface area contributed by atoms with E-state index in [0.717, 1.165) is 32.4 Å². The molecular weight excluding hydrogens is 331 g/mol. The molecular formula is C21H23FN2O2. The average Bonchev–Trinajstić information content (AvgIpc) is 2.91. The van der Waals surface area contributed by atoms with E-state index in [1.807, 2.05) is 12.1 Å². The van der Waals surface area contributed by atoms with Crippen LogP contribution in [0.15, 0.2) is 48.5 Å². The van der Waals surface area contributed by atoms with E-state index < -0.39 is 0 Å². The molecule has 4 nitrogen and oxygen atoms in total. The molecule has 0 radical (unpaired) electrons. The SMILES string of the molecule is O=C(CN1CCC2(CC1)c1ccccc1C[C@@H]2O)Nc1ccc(F)cc1. The molecule has 1 atom stereocenters. The molecule has 1 aliphatic heterocycles. The fraction of sp³-hybridized carbons (Fsp3) is 0.381. The van der Waals surface area contributed by atoms with Gasteiger partial charge in [-0.05, 0) is 67.7 Å². The Morgan fingerprint density at radius 2 is 1.85 bits per heavy atom. The summed E-state index contributed by atoms with van der Waals surface area (Å²) < 4.78 is 12.9. The zero-order valence-electron chi connectivity index (χ0n) is 14.6. The molecule has 1 aliphatic carbocycles. The number of rotatable bonds is 3. The van der Waals surface area contributed by atoms with Crippen LogP contribution in [0.3, 0.4) is 0 Å². The van der Waals surface area contributed by atoms with E-state index in [4.69, 9.17) is 0 Å². The van der Waals surface area contributed by atoms with Crippen LogP contribution in [-0.4, -0.2) is 41.7 Å². The minimum atomic E-state index is -0.338. The number of nitrogens with zero attached hydrogens (tertiary/aromatic N) is 1. The minimum absolute atomic E-state index is 0.0973. The summed E-state index contributed by atoms with van der Waals surface area (Å²) in [4.78, 5) is 14.4. The Bertz CT molecular complexity index is 798. The molecule has 26 heavy (non-hydrogen) atoms. The summed E-state index contributed by atoms with van der Waals surface area (Å²) in [7, 11) is 0. The Labute approximate surface area is 152 Å². The highest BCUT2D eigenvalue weighted by Gasteiger charge is 2.47. The number of halogens is 1. The molecule has 1 amide bonds. The first-order chi connectivity index (χ1) is 12.6. The number of likely N-dealkylation sites (tertiary alicyclic amines) is 1. The number of aliphatic hydroxyl groups is 1. The maximum absolute atomic E-state index is 12.9. The van der Waals surface area contributed by atoms with Crippen LogP contribution in [0.4, 0.5) is 10.1 Å². The lowest BCUT2D eigenvalue weighted by Crippen LogP contribution is -2.49.